The Kier molecular flexibility index (Phi) is 5.64. The van der Waals surface area contributed by atoms with E-state index < -0.39 is 11.8 Å². The van der Waals surface area contributed by atoms with Crippen LogP contribution >= 0.6 is 0 Å². The highest BCUT2D eigenvalue weighted by Gasteiger charge is 2.16. The molecule has 0 aliphatic carbocycles. The lowest BCUT2D eigenvalue weighted by Gasteiger charge is -2.12. The Hall–Kier alpha value is -3.75. The highest BCUT2D eigenvalue weighted by atomic mass is 16.7. The number of nitrogens with one attached hydrogen (secondary N) is 3. The van der Waals surface area contributed by atoms with E-state index >= 15 is 0 Å². The van der Waals surface area contributed by atoms with Gasteiger partial charge in [0.25, 0.3) is 5.91 Å². The van der Waals surface area contributed by atoms with Crippen LogP contribution < -0.4 is 30.2 Å². The molecule has 1 aliphatic rings. The number of hydrogen-bond donors (Lipinski definition) is 3. The zero-order valence-electron chi connectivity index (χ0n) is 15.3. The molecule has 0 saturated heterocycles. The van der Waals surface area contributed by atoms with Gasteiger partial charge in [-0.1, -0.05) is 0 Å². The largest absolute Gasteiger partial charge is 0.495 e. The first-order valence-electron chi connectivity index (χ1n) is 8.39. The molecule has 3 rings (SSSR count). The van der Waals surface area contributed by atoms with Crippen LogP contribution in [0, 0.1) is 0 Å². The van der Waals surface area contributed by atoms with Crippen molar-refractivity contribution in [2.45, 2.75) is 6.92 Å². The topological polar surface area (TPSA) is 115 Å². The van der Waals surface area contributed by atoms with Crippen LogP contribution in [0.2, 0.25) is 0 Å². The summed E-state index contributed by atoms with van der Waals surface area (Å²) in [5.74, 6) is 0.418. The van der Waals surface area contributed by atoms with Gasteiger partial charge in [0, 0.05) is 18.2 Å². The third-order valence-corrected chi connectivity index (χ3v) is 3.84. The van der Waals surface area contributed by atoms with Crippen molar-refractivity contribution in [3.05, 3.63) is 42.0 Å². The van der Waals surface area contributed by atoms with Crippen molar-refractivity contribution in [1.82, 2.24) is 5.32 Å². The number of carbonyl (C=O) groups is 3. The number of carbonyl (C=O) groups excluding carboxylic acids is 3. The molecule has 2 aromatic carbocycles. The number of rotatable bonds is 6. The van der Waals surface area contributed by atoms with Gasteiger partial charge in [0.15, 0.2) is 11.5 Å². The molecule has 0 radical (unpaired) electrons. The molecule has 9 heteroatoms. The van der Waals surface area contributed by atoms with Gasteiger partial charge in [-0.3, -0.25) is 14.4 Å². The van der Waals surface area contributed by atoms with Gasteiger partial charge < -0.3 is 30.2 Å². The minimum atomic E-state index is -0.423. The van der Waals surface area contributed by atoms with Crippen molar-refractivity contribution in [3.63, 3.8) is 0 Å². The number of amides is 3. The Morgan fingerprint density at radius 1 is 1.04 bits per heavy atom. The molecular weight excluding hydrogens is 366 g/mol. The minimum absolute atomic E-state index is 0.116. The summed E-state index contributed by atoms with van der Waals surface area (Å²) < 4.78 is 15.6. The summed E-state index contributed by atoms with van der Waals surface area (Å²) in [7, 11) is 1.48. The maximum absolute atomic E-state index is 12.2. The molecule has 3 N–H and O–H groups in total. The van der Waals surface area contributed by atoms with Crippen molar-refractivity contribution in [3.8, 4) is 17.2 Å². The molecule has 0 bridgehead atoms. The average molecular weight is 385 g/mol. The molecule has 0 aromatic heterocycles. The molecule has 1 aliphatic heterocycles. The number of methoxy groups -OCH3 is 1. The first kappa shape index (κ1) is 19.0. The lowest BCUT2D eigenvalue weighted by molar-refractivity contribution is -0.115. The Balaban J connectivity index is 1.58. The second-order valence-electron chi connectivity index (χ2n) is 5.90. The smallest absolute Gasteiger partial charge is 0.251 e. The molecule has 2 aromatic rings. The van der Waals surface area contributed by atoms with Crippen molar-refractivity contribution >= 4 is 29.1 Å². The van der Waals surface area contributed by atoms with E-state index in [-0.39, 0.29) is 19.2 Å². The van der Waals surface area contributed by atoms with Crippen LogP contribution in [0.1, 0.15) is 17.3 Å². The summed E-state index contributed by atoms with van der Waals surface area (Å²) in [6.45, 7) is 1.26. The predicted octanol–water partition coefficient (Wildman–Crippen LogP) is 1.75. The van der Waals surface area contributed by atoms with E-state index in [4.69, 9.17) is 14.2 Å². The van der Waals surface area contributed by atoms with Gasteiger partial charge in [0.05, 0.1) is 19.3 Å². The molecule has 28 heavy (non-hydrogen) atoms. The van der Waals surface area contributed by atoms with Crippen molar-refractivity contribution in [2.24, 2.45) is 0 Å². The van der Waals surface area contributed by atoms with Gasteiger partial charge >= 0.3 is 0 Å². The Bertz CT molecular complexity index is 928. The Morgan fingerprint density at radius 3 is 2.57 bits per heavy atom. The zero-order chi connectivity index (χ0) is 20.1. The van der Waals surface area contributed by atoms with Gasteiger partial charge in [-0.05, 0) is 36.4 Å². The summed E-state index contributed by atoms with van der Waals surface area (Å²) in [6.07, 6.45) is 0. The summed E-state index contributed by atoms with van der Waals surface area (Å²) in [5.41, 5.74) is 1.23. The zero-order valence-corrected chi connectivity index (χ0v) is 15.3. The predicted molar refractivity (Wildman–Crippen MR) is 101 cm³/mol. The van der Waals surface area contributed by atoms with Crippen molar-refractivity contribution in [2.75, 3.05) is 31.1 Å². The molecule has 146 valence electrons. The Morgan fingerprint density at radius 2 is 1.82 bits per heavy atom. The maximum atomic E-state index is 12.2. The molecule has 9 nitrogen and oxygen atoms in total. The fourth-order valence-electron chi connectivity index (χ4n) is 2.58. The van der Waals surface area contributed by atoms with Gasteiger partial charge in [-0.15, -0.1) is 0 Å². The van der Waals surface area contributed by atoms with E-state index in [0.29, 0.717) is 34.2 Å². The molecule has 0 unspecified atom stereocenters. The van der Waals surface area contributed by atoms with E-state index in [1.807, 2.05) is 0 Å². The highest BCUT2D eigenvalue weighted by molar-refractivity contribution is 6.00. The quantitative estimate of drug-likeness (QED) is 0.698. The molecule has 0 saturated carbocycles. The van der Waals surface area contributed by atoms with Gasteiger partial charge in [0.1, 0.15) is 5.75 Å². The molecule has 0 atom stereocenters. The number of anilines is 2. The first-order valence-corrected chi connectivity index (χ1v) is 8.39. The molecule has 1 heterocycles. The van der Waals surface area contributed by atoms with E-state index in [1.54, 1.807) is 36.4 Å². The number of benzene rings is 2. The van der Waals surface area contributed by atoms with Gasteiger partial charge in [-0.25, -0.2) is 0 Å². The van der Waals surface area contributed by atoms with Crippen LogP contribution in [-0.4, -0.2) is 38.2 Å². The van der Waals surface area contributed by atoms with Crippen LogP contribution in [0.25, 0.3) is 0 Å². The maximum Gasteiger partial charge on any atom is 0.251 e. The second-order valence-corrected chi connectivity index (χ2v) is 5.90. The van der Waals surface area contributed by atoms with E-state index in [2.05, 4.69) is 16.0 Å². The van der Waals surface area contributed by atoms with Crippen LogP contribution in [0.3, 0.4) is 0 Å². The normalized spacial score (nSPS) is 11.5. The summed E-state index contributed by atoms with van der Waals surface area (Å²) >= 11 is 0. The molecule has 0 spiro atoms. The lowest BCUT2D eigenvalue weighted by Crippen LogP contribution is -2.32. The third kappa shape index (κ3) is 4.50. The van der Waals surface area contributed by atoms with Crippen LogP contribution in [0.5, 0.6) is 17.2 Å². The standard InChI is InChI=1S/C19H19N3O6/c1-11(23)21-14-8-13(4-6-15(14)26-2)22-18(24)9-20-19(25)12-3-5-16-17(7-12)28-10-27-16/h3-8H,9-10H2,1-2H3,(H,20,25)(H,21,23)(H,22,24). The fraction of sp³-hybridized carbons (Fsp3) is 0.211. The van der Waals surface area contributed by atoms with Crippen LogP contribution in [0.15, 0.2) is 36.4 Å². The van der Waals surface area contributed by atoms with Gasteiger partial charge in [-0.2, -0.15) is 0 Å². The van der Waals surface area contributed by atoms with Crippen LogP contribution in [0.4, 0.5) is 11.4 Å². The average Bonchev–Trinajstić information content (AvgIpc) is 3.13. The first-order chi connectivity index (χ1) is 13.5. The molecule has 3 amide bonds. The Labute approximate surface area is 161 Å². The second kappa shape index (κ2) is 8.30. The van der Waals surface area contributed by atoms with Gasteiger partial charge in [0.2, 0.25) is 18.6 Å². The lowest BCUT2D eigenvalue weighted by atomic mass is 10.2. The summed E-state index contributed by atoms with van der Waals surface area (Å²) in [5, 5.41) is 7.81. The van der Waals surface area contributed by atoms with Crippen molar-refractivity contribution < 1.29 is 28.6 Å². The van der Waals surface area contributed by atoms with E-state index in [1.165, 1.54) is 14.0 Å². The summed E-state index contributed by atoms with van der Waals surface area (Å²) in [4.78, 5) is 35.6. The van der Waals surface area contributed by atoms with E-state index in [9.17, 15) is 14.4 Å². The monoisotopic (exact) mass is 385 g/mol. The summed E-state index contributed by atoms with van der Waals surface area (Å²) in [6, 6.07) is 9.59. The van der Waals surface area contributed by atoms with E-state index in [0.717, 1.165) is 0 Å². The number of ether oxygens (including phenoxy) is 3. The minimum Gasteiger partial charge on any atom is -0.495 e. The fourth-order valence-corrected chi connectivity index (χ4v) is 2.58. The third-order valence-electron chi connectivity index (χ3n) is 3.84. The van der Waals surface area contributed by atoms with Crippen LogP contribution in [-0.2, 0) is 9.59 Å². The molecular formula is C19H19N3O6. The molecule has 0 fully saturated rings. The number of fused-ring (bicyclic) bond motifs is 1. The van der Waals surface area contributed by atoms with Crippen molar-refractivity contribution in [1.29, 1.82) is 0 Å². The SMILES string of the molecule is COc1ccc(NC(=O)CNC(=O)c2ccc3c(c2)OCO3)cc1NC(C)=O. The number of hydrogen-bond acceptors (Lipinski definition) is 6. The highest BCUT2D eigenvalue weighted by Crippen LogP contribution is 2.32.